The first-order valence-corrected chi connectivity index (χ1v) is 6.93. The van der Waals surface area contributed by atoms with Crippen LogP contribution < -0.4 is 4.74 Å². The summed E-state index contributed by atoms with van der Waals surface area (Å²) in [5.74, 6) is 0.143. The lowest BCUT2D eigenvalue weighted by atomic mass is 10.2. The second-order valence-corrected chi connectivity index (χ2v) is 5.21. The van der Waals surface area contributed by atoms with Gasteiger partial charge < -0.3 is 19.5 Å². The maximum absolute atomic E-state index is 12.1. The van der Waals surface area contributed by atoms with Crippen LogP contribution in [0, 0.1) is 0 Å². The van der Waals surface area contributed by atoms with Gasteiger partial charge in [0.15, 0.2) is 6.61 Å². The highest BCUT2D eigenvalue weighted by Crippen LogP contribution is 2.27. The zero-order chi connectivity index (χ0) is 14.5. The molecule has 1 aromatic carbocycles. The van der Waals surface area contributed by atoms with Gasteiger partial charge in [-0.3, -0.25) is 4.79 Å². The van der Waals surface area contributed by atoms with Crippen LogP contribution in [0.3, 0.4) is 0 Å². The quantitative estimate of drug-likeness (QED) is 0.915. The molecule has 0 aromatic heterocycles. The zero-order valence-corrected chi connectivity index (χ0v) is 12.2. The number of aliphatic hydroxyl groups excluding tert-OH is 1. The highest BCUT2D eigenvalue weighted by Gasteiger charge is 2.26. The molecule has 1 unspecified atom stereocenters. The molecule has 1 saturated heterocycles. The highest BCUT2D eigenvalue weighted by molar-refractivity contribution is 6.34. The maximum Gasteiger partial charge on any atom is 0.260 e. The van der Waals surface area contributed by atoms with Gasteiger partial charge in [0.2, 0.25) is 0 Å². The van der Waals surface area contributed by atoms with Crippen LogP contribution >= 0.6 is 23.2 Å². The Morgan fingerprint density at radius 2 is 2.30 bits per heavy atom. The largest absolute Gasteiger partial charge is 0.482 e. The number of nitrogens with zero attached hydrogens (tertiary/aromatic N) is 1. The second-order valence-electron chi connectivity index (χ2n) is 4.36. The van der Waals surface area contributed by atoms with Crippen molar-refractivity contribution >= 4 is 29.1 Å². The Labute approximate surface area is 127 Å². The Hall–Kier alpha value is -1.01. The van der Waals surface area contributed by atoms with Crippen LogP contribution in [0.15, 0.2) is 18.2 Å². The molecule has 1 amide bonds. The number of halogens is 2. The van der Waals surface area contributed by atoms with Crippen LogP contribution in [-0.4, -0.2) is 54.9 Å². The lowest BCUT2D eigenvalue weighted by molar-refractivity contribution is -0.143. The molecular formula is C13H15Cl2NO4. The van der Waals surface area contributed by atoms with E-state index in [4.69, 9.17) is 32.7 Å². The van der Waals surface area contributed by atoms with Crippen molar-refractivity contribution in [1.82, 2.24) is 4.90 Å². The first-order valence-electron chi connectivity index (χ1n) is 6.17. The van der Waals surface area contributed by atoms with Crippen LogP contribution in [0.25, 0.3) is 0 Å². The summed E-state index contributed by atoms with van der Waals surface area (Å²) in [7, 11) is 0. The molecule has 1 atom stereocenters. The molecule has 20 heavy (non-hydrogen) atoms. The molecule has 0 spiro atoms. The Balaban J connectivity index is 1.95. The number of amides is 1. The fraction of sp³-hybridized carbons (Fsp3) is 0.462. The van der Waals surface area contributed by atoms with Gasteiger partial charge in [-0.25, -0.2) is 0 Å². The van der Waals surface area contributed by atoms with Gasteiger partial charge in [0.05, 0.1) is 30.9 Å². The number of rotatable bonds is 4. The normalized spacial score (nSPS) is 18.9. The van der Waals surface area contributed by atoms with Crippen LogP contribution in [0.4, 0.5) is 0 Å². The van der Waals surface area contributed by atoms with E-state index in [-0.39, 0.29) is 25.2 Å². The third-order valence-corrected chi connectivity index (χ3v) is 3.55. The summed E-state index contributed by atoms with van der Waals surface area (Å²) in [5.41, 5.74) is 0. The predicted octanol–water partition coefficient (Wildman–Crippen LogP) is 1.59. The molecule has 110 valence electrons. The van der Waals surface area contributed by atoms with Crippen LogP contribution in [0.1, 0.15) is 0 Å². The summed E-state index contributed by atoms with van der Waals surface area (Å²) in [5, 5.41) is 10.1. The van der Waals surface area contributed by atoms with Crippen molar-refractivity contribution in [3.8, 4) is 5.75 Å². The fourth-order valence-electron chi connectivity index (χ4n) is 1.94. The number of carbonyl (C=O) groups is 1. The Kier molecular flexibility index (Phi) is 5.48. The summed E-state index contributed by atoms with van der Waals surface area (Å²) >= 11 is 11.8. The molecule has 0 aliphatic carbocycles. The fourth-order valence-corrected chi connectivity index (χ4v) is 2.28. The van der Waals surface area contributed by atoms with Gasteiger partial charge in [-0.05, 0) is 12.1 Å². The molecule has 1 heterocycles. The number of hydrogen-bond donors (Lipinski definition) is 1. The molecule has 1 N–H and O–H groups in total. The van der Waals surface area contributed by atoms with Crippen LogP contribution in [0.5, 0.6) is 5.75 Å². The van der Waals surface area contributed by atoms with Gasteiger partial charge in [-0.15, -0.1) is 0 Å². The summed E-state index contributed by atoms with van der Waals surface area (Å²) in [4.78, 5) is 13.7. The third-order valence-electron chi connectivity index (χ3n) is 3.00. The van der Waals surface area contributed by atoms with Gasteiger partial charge in [-0.1, -0.05) is 23.2 Å². The first kappa shape index (κ1) is 15.4. The maximum atomic E-state index is 12.1. The number of ether oxygens (including phenoxy) is 2. The monoisotopic (exact) mass is 319 g/mol. The van der Waals surface area contributed by atoms with Crippen molar-refractivity contribution in [2.45, 2.75) is 6.04 Å². The minimum atomic E-state index is -0.324. The molecule has 1 aromatic rings. The van der Waals surface area contributed by atoms with E-state index in [0.29, 0.717) is 35.6 Å². The molecule has 7 heteroatoms. The lowest BCUT2D eigenvalue weighted by Crippen LogP contribution is -2.51. The molecule has 0 radical (unpaired) electrons. The minimum Gasteiger partial charge on any atom is -0.482 e. The minimum absolute atomic E-state index is 0.135. The van der Waals surface area contributed by atoms with Crippen molar-refractivity contribution in [2.75, 3.05) is 33.0 Å². The van der Waals surface area contributed by atoms with Crippen molar-refractivity contribution in [3.05, 3.63) is 28.2 Å². The lowest BCUT2D eigenvalue weighted by Gasteiger charge is -2.34. The van der Waals surface area contributed by atoms with Crippen molar-refractivity contribution in [3.63, 3.8) is 0 Å². The van der Waals surface area contributed by atoms with Gasteiger partial charge in [0.1, 0.15) is 5.75 Å². The molecule has 2 rings (SSSR count). The van der Waals surface area contributed by atoms with E-state index >= 15 is 0 Å². The first-order chi connectivity index (χ1) is 9.61. The summed E-state index contributed by atoms with van der Waals surface area (Å²) < 4.78 is 10.6. The third kappa shape index (κ3) is 3.76. The molecule has 1 aliphatic heterocycles. The summed E-state index contributed by atoms with van der Waals surface area (Å²) in [6.07, 6.45) is 0. The molecule has 0 saturated carbocycles. The number of morpholine rings is 1. The Morgan fingerprint density at radius 1 is 1.50 bits per heavy atom. The van der Waals surface area contributed by atoms with Crippen molar-refractivity contribution in [2.24, 2.45) is 0 Å². The van der Waals surface area contributed by atoms with Gasteiger partial charge in [-0.2, -0.15) is 0 Å². The molecule has 5 nitrogen and oxygen atoms in total. The van der Waals surface area contributed by atoms with Crippen LogP contribution in [0.2, 0.25) is 10.0 Å². The molecule has 1 aliphatic rings. The molecular weight excluding hydrogens is 305 g/mol. The number of hydrogen-bond acceptors (Lipinski definition) is 4. The van der Waals surface area contributed by atoms with Gasteiger partial charge in [0, 0.05) is 17.6 Å². The molecule has 0 bridgehead atoms. The average molecular weight is 320 g/mol. The number of benzene rings is 1. The van der Waals surface area contributed by atoms with E-state index < -0.39 is 0 Å². The highest BCUT2D eigenvalue weighted by atomic mass is 35.5. The van der Waals surface area contributed by atoms with Gasteiger partial charge in [0.25, 0.3) is 5.91 Å². The van der Waals surface area contributed by atoms with E-state index in [1.807, 2.05) is 0 Å². The SMILES string of the molecule is O=C(COc1cc(Cl)ccc1Cl)N1CCOCC1CO. The van der Waals surface area contributed by atoms with E-state index in [2.05, 4.69) is 0 Å². The van der Waals surface area contributed by atoms with Gasteiger partial charge >= 0.3 is 0 Å². The number of carbonyl (C=O) groups excluding carboxylic acids is 1. The Morgan fingerprint density at radius 3 is 3.05 bits per heavy atom. The van der Waals surface area contributed by atoms with E-state index in [9.17, 15) is 9.90 Å². The standard InChI is InChI=1S/C13H15Cl2NO4/c14-9-1-2-11(15)12(5-9)20-8-13(18)16-3-4-19-7-10(16)6-17/h1-2,5,10,17H,3-4,6-8H2. The zero-order valence-electron chi connectivity index (χ0n) is 10.7. The van der Waals surface area contributed by atoms with E-state index in [1.165, 1.54) is 0 Å². The second kappa shape index (κ2) is 7.13. The average Bonchev–Trinajstić information content (AvgIpc) is 2.47. The van der Waals surface area contributed by atoms with E-state index in [1.54, 1.807) is 23.1 Å². The van der Waals surface area contributed by atoms with Crippen molar-refractivity contribution in [1.29, 1.82) is 0 Å². The van der Waals surface area contributed by atoms with E-state index in [0.717, 1.165) is 0 Å². The summed E-state index contributed by atoms with van der Waals surface area (Å²) in [6, 6.07) is 4.48. The smallest absolute Gasteiger partial charge is 0.260 e. The number of aliphatic hydroxyl groups is 1. The predicted molar refractivity (Wildman–Crippen MR) is 75.4 cm³/mol. The van der Waals surface area contributed by atoms with Crippen LogP contribution in [-0.2, 0) is 9.53 Å². The topological polar surface area (TPSA) is 59.0 Å². The van der Waals surface area contributed by atoms with Crippen molar-refractivity contribution < 1.29 is 19.4 Å². The Bertz CT molecular complexity index is 483. The summed E-state index contributed by atoms with van der Waals surface area (Å²) in [6.45, 7) is 0.942. The molecule has 1 fully saturated rings.